The quantitative estimate of drug-likeness (QED) is 0.228. The molecule has 1 aromatic rings. The Morgan fingerprint density at radius 3 is 2.42 bits per heavy atom. The molecule has 0 unspecified atom stereocenters. The Balaban J connectivity index is 1.75. The van der Waals surface area contributed by atoms with Gasteiger partial charge in [0.1, 0.15) is 0 Å². The lowest BCUT2D eigenvalue weighted by Gasteiger charge is -2.50. The van der Waals surface area contributed by atoms with E-state index >= 15 is 0 Å². The summed E-state index contributed by atoms with van der Waals surface area (Å²) < 4.78 is 9.89. The van der Waals surface area contributed by atoms with E-state index in [2.05, 4.69) is 20.7 Å². The molecule has 0 aromatic heterocycles. The number of imide groups is 4. The fraction of sp³-hybridized carbons (Fsp3) is 0.458. The smallest absolute Gasteiger partial charge is 0.423 e. The Labute approximate surface area is 239 Å². The van der Waals surface area contributed by atoms with Gasteiger partial charge in [0.2, 0.25) is 11.8 Å². The molecule has 3 fully saturated rings. The summed E-state index contributed by atoms with van der Waals surface area (Å²) in [7, 11) is 2.37. The summed E-state index contributed by atoms with van der Waals surface area (Å²) in [5.41, 5.74) is 0.619. The van der Waals surface area contributed by atoms with Crippen LogP contribution in [0.5, 0.6) is 11.5 Å². The third kappa shape index (κ3) is 3.28. The molecule has 14 heteroatoms. The minimum Gasteiger partial charge on any atom is -0.503 e. The first-order valence-electron chi connectivity index (χ1n) is 11.4. The molecule has 4 aliphatic rings. The standard InChI is InChI=1S/C24H20BrCl3N2O8/c1-37-14-6-9(5-13(26)17(14)31)16-10-3-4-11-15(19(33)30(18(11)32)22(36)38-2)12(10)7-23(27)20(34)29(8-25)21(35)24(16,23)28/h3,5-6,11-12,15-16,31H,4,7-8H2,1-2H3/t11-,12+,15-,16-,23+,24-/m0/s1. The van der Waals surface area contributed by atoms with E-state index in [9.17, 15) is 29.1 Å². The van der Waals surface area contributed by atoms with Crippen LogP contribution in [0.4, 0.5) is 4.79 Å². The van der Waals surface area contributed by atoms with Crippen molar-refractivity contribution in [3.63, 3.8) is 0 Å². The second-order valence-corrected chi connectivity index (χ2v) is 11.7. The van der Waals surface area contributed by atoms with Crippen LogP contribution < -0.4 is 4.74 Å². The van der Waals surface area contributed by atoms with Crippen LogP contribution in [0.1, 0.15) is 24.3 Å². The topological polar surface area (TPSA) is 131 Å². The Kier molecular flexibility index (Phi) is 6.53. The van der Waals surface area contributed by atoms with Crippen molar-refractivity contribution in [3.05, 3.63) is 34.4 Å². The molecule has 0 spiro atoms. The summed E-state index contributed by atoms with van der Waals surface area (Å²) in [5, 5.41) is 10.2. The number of fused-ring (bicyclic) bond motifs is 4. The van der Waals surface area contributed by atoms with Crippen LogP contribution in [0.3, 0.4) is 0 Å². The molecule has 5 rings (SSSR count). The lowest BCUT2D eigenvalue weighted by molar-refractivity contribution is -0.140. The first kappa shape index (κ1) is 27.2. The number of phenolic OH excluding ortho intramolecular Hbond substituents is 1. The number of aromatic hydroxyl groups is 1. The maximum absolute atomic E-state index is 13.7. The van der Waals surface area contributed by atoms with Gasteiger partial charge in [0, 0.05) is 5.92 Å². The summed E-state index contributed by atoms with van der Waals surface area (Å²) in [6.45, 7) is 0. The number of carbonyl (C=O) groups is 5. The van der Waals surface area contributed by atoms with Gasteiger partial charge >= 0.3 is 6.09 Å². The molecule has 5 amide bonds. The number of halogens is 4. The first-order valence-corrected chi connectivity index (χ1v) is 13.7. The van der Waals surface area contributed by atoms with Gasteiger partial charge in [0.15, 0.2) is 21.2 Å². The number of nitrogens with zero attached hydrogens (tertiary/aromatic N) is 2. The fourth-order valence-corrected chi connectivity index (χ4v) is 7.96. The number of hydrogen-bond acceptors (Lipinski definition) is 8. The molecule has 6 atom stereocenters. The van der Waals surface area contributed by atoms with Crippen molar-refractivity contribution in [3.8, 4) is 11.5 Å². The van der Waals surface area contributed by atoms with Gasteiger partial charge in [-0.3, -0.25) is 24.1 Å². The number of likely N-dealkylation sites (tertiary alicyclic amines) is 2. The van der Waals surface area contributed by atoms with Gasteiger partial charge in [0.05, 0.1) is 36.5 Å². The monoisotopic (exact) mass is 648 g/mol. The maximum Gasteiger partial charge on any atom is 0.423 e. The summed E-state index contributed by atoms with van der Waals surface area (Å²) in [5.74, 6) is -7.24. The average Bonchev–Trinajstić information content (AvgIpc) is 3.23. The number of ether oxygens (including phenoxy) is 2. The fourth-order valence-electron chi connectivity index (χ4n) is 6.31. The molecule has 2 saturated heterocycles. The molecule has 202 valence electrons. The van der Waals surface area contributed by atoms with E-state index < -0.39 is 63.1 Å². The molecule has 1 saturated carbocycles. The minimum atomic E-state index is -2.05. The zero-order valence-electron chi connectivity index (χ0n) is 19.9. The number of rotatable bonds is 3. The summed E-state index contributed by atoms with van der Waals surface area (Å²) >= 11 is 23.6. The lowest BCUT2D eigenvalue weighted by Crippen LogP contribution is -2.60. The summed E-state index contributed by atoms with van der Waals surface area (Å²) in [6.07, 6.45) is 0.418. The molecule has 1 aromatic carbocycles. The predicted molar refractivity (Wildman–Crippen MR) is 137 cm³/mol. The third-order valence-electron chi connectivity index (χ3n) is 7.98. The summed E-state index contributed by atoms with van der Waals surface area (Å²) in [6, 6.07) is 2.82. The molecule has 2 aliphatic heterocycles. The normalized spacial score (nSPS) is 34.1. The molecular weight excluding hydrogens is 631 g/mol. The second-order valence-electron chi connectivity index (χ2n) is 9.52. The Morgan fingerprint density at radius 2 is 1.82 bits per heavy atom. The highest BCUT2D eigenvalue weighted by molar-refractivity contribution is 9.09. The Bertz CT molecular complexity index is 1350. The van der Waals surface area contributed by atoms with Gasteiger partial charge in [-0.1, -0.05) is 39.2 Å². The van der Waals surface area contributed by atoms with E-state index in [0.29, 0.717) is 16.0 Å². The maximum atomic E-state index is 13.7. The molecule has 10 nitrogen and oxygen atoms in total. The van der Waals surface area contributed by atoms with E-state index in [1.54, 1.807) is 6.08 Å². The Hall–Kier alpha value is -2.34. The molecule has 2 aliphatic carbocycles. The summed E-state index contributed by atoms with van der Waals surface area (Å²) in [4.78, 5) is 63.4. The number of benzene rings is 1. The van der Waals surface area contributed by atoms with E-state index in [-0.39, 0.29) is 34.8 Å². The minimum absolute atomic E-state index is 0.0116. The number of phenols is 1. The molecule has 0 bridgehead atoms. The number of methoxy groups -OCH3 is 2. The van der Waals surface area contributed by atoms with Crippen LogP contribution in [0.25, 0.3) is 0 Å². The van der Waals surface area contributed by atoms with Gasteiger partial charge < -0.3 is 14.6 Å². The van der Waals surface area contributed by atoms with Crippen molar-refractivity contribution in [2.45, 2.75) is 28.5 Å². The van der Waals surface area contributed by atoms with Crippen LogP contribution in [-0.2, 0) is 23.9 Å². The van der Waals surface area contributed by atoms with Crippen LogP contribution in [0, 0.1) is 17.8 Å². The van der Waals surface area contributed by atoms with Crippen LogP contribution in [0.2, 0.25) is 5.02 Å². The number of alkyl halides is 3. The number of hydrogen-bond donors (Lipinski definition) is 1. The van der Waals surface area contributed by atoms with Crippen molar-refractivity contribution < 1.29 is 38.6 Å². The van der Waals surface area contributed by atoms with Crippen molar-refractivity contribution in [2.75, 3.05) is 19.7 Å². The zero-order valence-corrected chi connectivity index (χ0v) is 23.7. The van der Waals surface area contributed by atoms with Crippen molar-refractivity contribution in [2.24, 2.45) is 17.8 Å². The SMILES string of the molecule is COC(=O)N1C(=O)[C@H]2[C@H](CC=C3[C@H]2C[C@@]2(Cl)C(=O)N(CBr)C(=O)[C@@]2(Cl)[C@H]3c2cc(Cl)c(O)c(OC)c2)C1=O. The van der Waals surface area contributed by atoms with Crippen molar-refractivity contribution >= 4 is 80.5 Å². The highest BCUT2D eigenvalue weighted by Gasteiger charge is 2.76. The molecule has 2 heterocycles. The zero-order chi connectivity index (χ0) is 27.9. The van der Waals surface area contributed by atoms with Crippen LogP contribution >= 0.6 is 50.7 Å². The van der Waals surface area contributed by atoms with Gasteiger partial charge in [-0.15, -0.1) is 23.2 Å². The van der Waals surface area contributed by atoms with E-state index in [0.717, 1.165) is 12.0 Å². The molecular formula is C24H20BrCl3N2O8. The van der Waals surface area contributed by atoms with E-state index in [1.807, 2.05) is 0 Å². The van der Waals surface area contributed by atoms with E-state index in [1.165, 1.54) is 19.2 Å². The average molecular weight is 651 g/mol. The third-order valence-corrected chi connectivity index (χ3v) is 10.2. The number of amides is 5. The number of allylic oxidation sites excluding steroid dienone is 2. The van der Waals surface area contributed by atoms with Crippen molar-refractivity contribution in [1.29, 1.82) is 0 Å². The van der Waals surface area contributed by atoms with Crippen LogP contribution in [0.15, 0.2) is 23.8 Å². The first-order chi connectivity index (χ1) is 17.9. The van der Waals surface area contributed by atoms with E-state index in [4.69, 9.17) is 39.5 Å². The molecule has 38 heavy (non-hydrogen) atoms. The lowest BCUT2D eigenvalue weighted by atomic mass is 9.56. The highest BCUT2D eigenvalue weighted by Crippen LogP contribution is 2.66. The second kappa shape index (κ2) is 9.11. The molecule has 1 N–H and O–H groups in total. The van der Waals surface area contributed by atoms with Gasteiger partial charge in [-0.2, -0.15) is 4.90 Å². The van der Waals surface area contributed by atoms with Gasteiger partial charge in [-0.25, -0.2) is 4.79 Å². The highest BCUT2D eigenvalue weighted by atomic mass is 79.9. The predicted octanol–water partition coefficient (Wildman–Crippen LogP) is 3.53. The number of carbonyl (C=O) groups excluding carboxylic acids is 5. The van der Waals surface area contributed by atoms with Crippen LogP contribution in [-0.4, -0.2) is 74.1 Å². The molecule has 0 radical (unpaired) electrons. The van der Waals surface area contributed by atoms with Crippen molar-refractivity contribution in [1.82, 2.24) is 9.80 Å². The largest absolute Gasteiger partial charge is 0.503 e. The van der Waals surface area contributed by atoms with Gasteiger partial charge in [0.25, 0.3) is 11.8 Å². The van der Waals surface area contributed by atoms with Gasteiger partial charge in [-0.05, 0) is 36.5 Å². The Morgan fingerprint density at radius 1 is 1.13 bits per heavy atom.